The van der Waals surface area contributed by atoms with Crippen LogP contribution in [0.2, 0.25) is 0 Å². The predicted molar refractivity (Wildman–Crippen MR) is 83.0 cm³/mol. The third-order valence-electron chi connectivity index (χ3n) is 3.62. The summed E-state index contributed by atoms with van der Waals surface area (Å²) >= 11 is 0. The molecule has 116 valence electrons. The van der Waals surface area contributed by atoms with Crippen LogP contribution < -0.4 is 11.1 Å². The van der Waals surface area contributed by atoms with Crippen LogP contribution in [-0.2, 0) is 15.0 Å². The first kappa shape index (κ1) is 17.0. The molecule has 21 heavy (non-hydrogen) atoms. The van der Waals surface area contributed by atoms with Gasteiger partial charge < -0.3 is 16.2 Å². The van der Waals surface area contributed by atoms with Crippen LogP contribution in [0.3, 0.4) is 0 Å². The molecule has 0 spiro atoms. The summed E-state index contributed by atoms with van der Waals surface area (Å²) in [5.41, 5.74) is 5.89. The van der Waals surface area contributed by atoms with Gasteiger partial charge in [0.15, 0.2) is 0 Å². The number of nitrogens with two attached hydrogens (primary N) is 1. The standard InChI is InChI=1S/C16H24N2O3/c1-15(2,10-9-13(19)20)18-14(21)16(3,4)11-5-7-12(17)8-6-11/h5-8H,9-10,17H2,1-4H3,(H,18,21)(H,19,20). The molecule has 0 radical (unpaired) electrons. The Morgan fingerprint density at radius 1 is 1.14 bits per heavy atom. The minimum Gasteiger partial charge on any atom is -0.481 e. The van der Waals surface area contributed by atoms with E-state index in [9.17, 15) is 9.59 Å². The highest BCUT2D eigenvalue weighted by Crippen LogP contribution is 2.25. The minimum absolute atomic E-state index is 0.0234. The summed E-state index contributed by atoms with van der Waals surface area (Å²) in [6.45, 7) is 7.32. The van der Waals surface area contributed by atoms with E-state index in [1.807, 2.05) is 39.8 Å². The lowest BCUT2D eigenvalue weighted by Gasteiger charge is -2.32. The van der Waals surface area contributed by atoms with Crippen molar-refractivity contribution in [1.82, 2.24) is 5.32 Å². The summed E-state index contributed by atoms with van der Waals surface area (Å²) in [6.07, 6.45) is 0.404. The predicted octanol–water partition coefficient (Wildman–Crippen LogP) is 2.31. The van der Waals surface area contributed by atoms with Gasteiger partial charge in [0.2, 0.25) is 5.91 Å². The third-order valence-corrected chi connectivity index (χ3v) is 3.62. The molecule has 0 saturated carbocycles. The average molecular weight is 292 g/mol. The van der Waals surface area contributed by atoms with Crippen molar-refractivity contribution in [2.24, 2.45) is 0 Å². The van der Waals surface area contributed by atoms with Gasteiger partial charge in [-0.05, 0) is 51.8 Å². The van der Waals surface area contributed by atoms with Crippen LogP contribution in [0.1, 0.15) is 46.1 Å². The number of hydrogen-bond acceptors (Lipinski definition) is 3. The van der Waals surface area contributed by atoms with Crippen LogP contribution in [0, 0.1) is 0 Å². The molecule has 0 aromatic heterocycles. The zero-order valence-electron chi connectivity index (χ0n) is 13.1. The van der Waals surface area contributed by atoms with E-state index in [2.05, 4.69) is 5.32 Å². The molecule has 1 aromatic carbocycles. The van der Waals surface area contributed by atoms with Gasteiger partial charge in [-0.25, -0.2) is 0 Å². The Kier molecular flexibility index (Phi) is 4.99. The Morgan fingerprint density at radius 3 is 2.14 bits per heavy atom. The number of rotatable bonds is 6. The number of benzene rings is 1. The van der Waals surface area contributed by atoms with Crippen LogP contribution in [0.15, 0.2) is 24.3 Å². The number of anilines is 1. The fourth-order valence-electron chi connectivity index (χ4n) is 1.98. The topological polar surface area (TPSA) is 92.4 Å². The van der Waals surface area contributed by atoms with Gasteiger partial charge in [-0.15, -0.1) is 0 Å². The summed E-state index contributed by atoms with van der Waals surface area (Å²) in [6, 6.07) is 7.19. The van der Waals surface area contributed by atoms with E-state index >= 15 is 0 Å². The van der Waals surface area contributed by atoms with Crippen molar-refractivity contribution >= 4 is 17.6 Å². The van der Waals surface area contributed by atoms with Gasteiger partial charge >= 0.3 is 5.97 Å². The van der Waals surface area contributed by atoms with Gasteiger partial charge in [0.05, 0.1) is 5.41 Å². The number of carbonyl (C=O) groups is 2. The normalized spacial score (nSPS) is 12.0. The molecule has 5 nitrogen and oxygen atoms in total. The quantitative estimate of drug-likeness (QED) is 0.701. The molecular weight excluding hydrogens is 268 g/mol. The van der Waals surface area contributed by atoms with E-state index in [1.165, 1.54) is 0 Å². The van der Waals surface area contributed by atoms with Gasteiger partial charge in [0.1, 0.15) is 0 Å². The molecule has 0 heterocycles. The molecule has 1 aromatic rings. The molecule has 0 fully saturated rings. The lowest BCUT2D eigenvalue weighted by molar-refractivity contribution is -0.138. The Bertz CT molecular complexity index is 519. The largest absolute Gasteiger partial charge is 0.481 e. The van der Waals surface area contributed by atoms with Crippen LogP contribution in [0.4, 0.5) is 5.69 Å². The highest BCUT2D eigenvalue weighted by Gasteiger charge is 2.33. The SMILES string of the molecule is CC(C)(CCC(=O)O)NC(=O)C(C)(C)c1ccc(N)cc1. The summed E-state index contributed by atoms with van der Waals surface area (Å²) in [4.78, 5) is 23.2. The highest BCUT2D eigenvalue weighted by molar-refractivity contribution is 5.88. The Hall–Kier alpha value is -2.04. The molecule has 0 aliphatic heterocycles. The second-order valence-electron chi connectivity index (χ2n) is 6.48. The van der Waals surface area contributed by atoms with Crippen LogP contribution in [0.25, 0.3) is 0 Å². The second-order valence-corrected chi connectivity index (χ2v) is 6.48. The Morgan fingerprint density at radius 2 is 1.67 bits per heavy atom. The van der Waals surface area contributed by atoms with Crippen molar-refractivity contribution in [2.75, 3.05) is 5.73 Å². The molecule has 1 amide bonds. The fraction of sp³-hybridized carbons (Fsp3) is 0.500. The lowest BCUT2D eigenvalue weighted by Crippen LogP contribution is -2.50. The van der Waals surface area contributed by atoms with Crippen LogP contribution >= 0.6 is 0 Å². The molecule has 0 atom stereocenters. The maximum absolute atomic E-state index is 12.5. The number of carboxylic acid groups (broad SMARTS) is 1. The fourth-order valence-corrected chi connectivity index (χ4v) is 1.98. The lowest BCUT2D eigenvalue weighted by atomic mass is 9.82. The van der Waals surface area contributed by atoms with Crippen molar-refractivity contribution in [3.8, 4) is 0 Å². The van der Waals surface area contributed by atoms with Crippen molar-refractivity contribution in [2.45, 2.75) is 51.5 Å². The third kappa shape index (κ3) is 4.77. The first-order chi connectivity index (χ1) is 9.54. The Labute approximate surface area is 125 Å². The number of hydrogen-bond donors (Lipinski definition) is 3. The molecule has 0 aliphatic carbocycles. The number of amides is 1. The molecule has 4 N–H and O–H groups in total. The number of aliphatic carboxylic acids is 1. The maximum atomic E-state index is 12.5. The Balaban J connectivity index is 2.81. The second kappa shape index (κ2) is 6.16. The van der Waals surface area contributed by atoms with E-state index < -0.39 is 16.9 Å². The van der Waals surface area contributed by atoms with Crippen molar-refractivity contribution in [1.29, 1.82) is 0 Å². The van der Waals surface area contributed by atoms with Gasteiger partial charge in [-0.1, -0.05) is 12.1 Å². The monoisotopic (exact) mass is 292 g/mol. The van der Waals surface area contributed by atoms with Crippen LogP contribution in [-0.4, -0.2) is 22.5 Å². The number of carboxylic acids is 1. The van der Waals surface area contributed by atoms with Crippen molar-refractivity contribution in [3.05, 3.63) is 29.8 Å². The van der Waals surface area contributed by atoms with E-state index in [1.54, 1.807) is 12.1 Å². The first-order valence-electron chi connectivity index (χ1n) is 6.95. The zero-order chi connectivity index (χ0) is 16.3. The number of nitrogens with one attached hydrogen (secondary N) is 1. The zero-order valence-corrected chi connectivity index (χ0v) is 13.1. The maximum Gasteiger partial charge on any atom is 0.303 e. The van der Waals surface area contributed by atoms with Gasteiger partial charge in [-0.3, -0.25) is 9.59 Å². The summed E-state index contributed by atoms with van der Waals surface area (Å²) in [5.74, 6) is -1.00. The summed E-state index contributed by atoms with van der Waals surface area (Å²) in [7, 11) is 0. The highest BCUT2D eigenvalue weighted by atomic mass is 16.4. The number of nitrogen functional groups attached to an aromatic ring is 1. The smallest absolute Gasteiger partial charge is 0.303 e. The van der Waals surface area contributed by atoms with Gasteiger partial charge in [0.25, 0.3) is 0 Å². The van der Waals surface area contributed by atoms with E-state index in [0.717, 1.165) is 5.56 Å². The van der Waals surface area contributed by atoms with Gasteiger partial charge in [0, 0.05) is 17.6 Å². The molecule has 0 bridgehead atoms. The molecule has 0 aliphatic rings. The molecule has 0 unspecified atom stereocenters. The van der Waals surface area contributed by atoms with Crippen molar-refractivity contribution < 1.29 is 14.7 Å². The molecule has 5 heteroatoms. The van der Waals surface area contributed by atoms with E-state index in [-0.39, 0.29) is 12.3 Å². The van der Waals surface area contributed by atoms with Gasteiger partial charge in [-0.2, -0.15) is 0 Å². The average Bonchev–Trinajstić information content (AvgIpc) is 2.36. The molecular formula is C16H24N2O3. The van der Waals surface area contributed by atoms with Crippen molar-refractivity contribution in [3.63, 3.8) is 0 Å². The van der Waals surface area contributed by atoms with E-state index in [0.29, 0.717) is 12.1 Å². The molecule has 0 saturated heterocycles. The minimum atomic E-state index is -0.866. The molecule has 1 rings (SSSR count). The number of carbonyl (C=O) groups excluding carboxylic acids is 1. The summed E-state index contributed by atoms with van der Waals surface area (Å²) in [5, 5.41) is 11.7. The first-order valence-corrected chi connectivity index (χ1v) is 6.95. The van der Waals surface area contributed by atoms with E-state index in [4.69, 9.17) is 10.8 Å². The summed E-state index contributed by atoms with van der Waals surface area (Å²) < 4.78 is 0. The van der Waals surface area contributed by atoms with Crippen LogP contribution in [0.5, 0.6) is 0 Å².